The molecule has 196 valence electrons. The van der Waals surface area contributed by atoms with Crippen molar-refractivity contribution in [1.29, 1.82) is 0 Å². The van der Waals surface area contributed by atoms with Crippen molar-refractivity contribution in [3.63, 3.8) is 0 Å². The van der Waals surface area contributed by atoms with E-state index in [0.717, 1.165) is 23.1 Å². The quantitative estimate of drug-likeness (QED) is 0.306. The molecule has 0 aliphatic rings. The van der Waals surface area contributed by atoms with Gasteiger partial charge in [-0.3, -0.25) is 19.3 Å². The molecule has 1 aromatic heterocycles. The Kier molecular flexibility index (Phi) is 8.31. The second kappa shape index (κ2) is 11.8. The SMILES string of the molecule is CC(=O)c1ccc(N(C(=O)Cn2nnc3ccccc32)[C@@H](C(=O)NCCC(C)C)c2ccccc2C)cc1. The lowest BCUT2D eigenvalue weighted by atomic mass is 9.97. The lowest BCUT2D eigenvalue weighted by Gasteiger charge is -2.32. The van der Waals surface area contributed by atoms with Gasteiger partial charge in [0, 0.05) is 17.8 Å². The number of carbonyl (C=O) groups excluding carboxylic acids is 3. The van der Waals surface area contributed by atoms with Gasteiger partial charge < -0.3 is 5.32 Å². The highest BCUT2D eigenvalue weighted by Crippen LogP contribution is 2.31. The van der Waals surface area contributed by atoms with E-state index in [0.29, 0.717) is 29.2 Å². The van der Waals surface area contributed by atoms with Gasteiger partial charge in [0.1, 0.15) is 18.1 Å². The first-order valence-electron chi connectivity index (χ1n) is 12.8. The van der Waals surface area contributed by atoms with Crippen LogP contribution in [-0.2, 0) is 16.1 Å². The number of hydrogen-bond donors (Lipinski definition) is 1. The summed E-state index contributed by atoms with van der Waals surface area (Å²) in [7, 11) is 0. The smallest absolute Gasteiger partial charge is 0.249 e. The van der Waals surface area contributed by atoms with Gasteiger partial charge in [-0.25, -0.2) is 4.68 Å². The number of amides is 2. The van der Waals surface area contributed by atoms with Crippen LogP contribution in [0.3, 0.4) is 0 Å². The largest absolute Gasteiger partial charge is 0.354 e. The second-order valence-electron chi connectivity index (χ2n) is 9.84. The monoisotopic (exact) mass is 511 g/mol. The summed E-state index contributed by atoms with van der Waals surface area (Å²) in [6.45, 7) is 8.00. The molecule has 2 amide bonds. The molecule has 8 nitrogen and oxygen atoms in total. The third kappa shape index (κ3) is 5.96. The number of fused-ring (bicyclic) bond motifs is 1. The van der Waals surface area contributed by atoms with Crippen LogP contribution in [0, 0.1) is 12.8 Å². The van der Waals surface area contributed by atoms with Crippen molar-refractivity contribution >= 4 is 34.3 Å². The van der Waals surface area contributed by atoms with E-state index in [1.54, 1.807) is 28.9 Å². The Bertz CT molecular complexity index is 1440. The number of nitrogens with zero attached hydrogens (tertiary/aromatic N) is 4. The van der Waals surface area contributed by atoms with Gasteiger partial charge in [0.25, 0.3) is 0 Å². The highest BCUT2D eigenvalue weighted by atomic mass is 16.2. The van der Waals surface area contributed by atoms with Crippen LogP contribution in [0.4, 0.5) is 5.69 Å². The zero-order valence-electron chi connectivity index (χ0n) is 22.2. The zero-order chi connectivity index (χ0) is 27.2. The van der Waals surface area contributed by atoms with Crippen LogP contribution < -0.4 is 10.2 Å². The molecule has 1 N–H and O–H groups in total. The molecular weight excluding hydrogens is 478 g/mol. The summed E-state index contributed by atoms with van der Waals surface area (Å²) < 4.78 is 1.54. The van der Waals surface area contributed by atoms with E-state index in [1.165, 1.54) is 11.8 Å². The third-order valence-electron chi connectivity index (χ3n) is 6.54. The molecule has 1 atom stereocenters. The second-order valence-corrected chi connectivity index (χ2v) is 9.84. The summed E-state index contributed by atoms with van der Waals surface area (Å²) in [5, 5.41) is 11.4. The van der Waals surface area contributed by atoms with Crippen molar-refractivity contribution in [3.05, 3.63) is 89.5 Å². The molecule has 38 heavy (non-hydrogen) atoms. The number of carbonyl (C=O) groups is 3. The summed E-state index contributed by atoms with van der Waals surface area (Å²) in [6.07, 6.45) is 0.818. The van der Waals surface area contributed by atoms with Crippen molar-refractivity contribution in [1.82, 2.24) is 20.3 Å². The number of ketones is 1. The molecule has 1 heterocycles. The standard InChI is InChI=1S/C30H33N5O3/c1-20(2)17-18-31-30(38)29(25-10-6-5-9-21(25)3)35(24-15-13-23(14-16-24)22(4)36)28(37)19-34-27-12-8-7-11-26(27)32-33-34/h5-16,20,29H,17-19H2,1-4H3,(H,31,38)/t29-/m1/s1. The summed E-state index contributed by atoms with van der Waals surface area (Å²) in [4.78, 5) is 41.3. The normalized spacial score (nSPS) is 11.9. The van der Waals surface area contributed by atoms with Crippen LogP contribution in [0.1, 0.15) is 54.7 Å². The number of nitrogens with one attached hydrogen (secondary N) is 1. The first-order chi connectivity index (χ1) is 18.3. The van der Waals surface area contributed by atoms with Crippen LogP contribution in [-0.4, -0.2) is 39.1 Å². The van der Waals surface area contributed by atoms with Crippen LogP contribution in [0.25, 0.3) is 11.0 Å². The Morgan fingerprint density at radius 1 is 0.947 bits per heavy atom. The molecule has 0 saturated heterocycles. The maximum absolute atomic E-state index is 14.1. The summed E-state index contributed by atoms with van der Waals surface area (Å²) >= 11 is 0. The first kappa shape index (κ1) is 26.7. The van der Waals surface area contributed by atoms with Gasteiger partial charge in [-0.2, -0.15) is 0 Å². The maximum Gasteiger partial charge on any atom is 0.249 e. The molecule has 0 saturated carbocycles. The summed E-state index contributed by atoms with van der Waals surface area (Å²) in [5.74, 6) is -0.258. The fourth-order valence-corrected chi connectivity index (χ4v) is 4.40. The number of hydrogen-bond acceptors (Lipinski definition) is 5. The minimum atomic E-state index is -0.922. The maximum atomic E-state index is 14.1. The van der Waals surface area contributed by atoms with Crippen LogP contribution >= 0.6 is 0 Å². The number of Topliss-reactive ketones (excluding diaryl/α,β-unsaturated/α-hetero) is 1. The molecule has 4 rings (SSSR count). The van der Waals surface area contributed by atoms with Crippen molar-refractivity contribution in [3.8, 4) is 0 Å². The Hall–Kier alpha value is -4.33. The van der Waals surface area contributed by atoms with Gasteiger partial charge in [-0.1, -0.05) is 55.5 Å². The van der Waals surface area contributed by atoms with Gasteiger partial charge in [-0.15, -0.1) is 5.10 Å². The van der Waals surface area contributed by atoms with E-state index in [1.807, 2.05) is 55.5 Å². The van der Waals surface area contributed by atoms with E-state index in [-0.39, 0.29) is 24.1 Å². The molecule has 0 fully saturated rings. The van der Waals surface area contributed by atoms with Gasteiger partial charge in [-0.05, 0) is 73.7 Å². The highest BCUT2D eigenvalue weighted by molar-refractivity contribution is 6.02. The van der Waals surface area contributed by atoms with E-state index < -0.39 is 6.04 Å². The zero-order valence-corrected chi connectivity index (χ0v) is 22.2. The number of benzene rings is 3. The van der Waals surface area contributed by atoms with Crippen molar-refractivity contribution in [2.45, 2.75) is 46.7 Å². The Morgan fingerprint density at radius 3 is 2.32 bits per heavy atom. The predicted octanol–water partition coefficient (Wildman–Crippen LogP) is 4.88. The van der Waals surface area contributed by atoms with E-state index in [9.17, 15) is 14.4 Å². The van der Waals surface area contributed by atoms with Gasteiger partial charge >= 0.3 is 0 Å². The number of aromatic nitrogens is 3. The molecule has 0 aliphatic heterocycles. The Labute approximate surface area is 222 Å². The number of para-hydroxylation sites is 1. The predicted molar refractivity (Wildman–Crippen MR) is 148 cm³/mol. The molecular formula is C30H33N5O3. The fraction of sp³-hybridized carbons (Fsp3) is 0.300. The summed E-state index contributed by atoms with van der Waals surface area (Å²) in [5.41, 5.74) is 4.05. The van der Waals surface area contributed by atoms with E-state index >= 15 is 0 Å². The topological polar surface area (TPSA) is 97.2 Å². The Balaban J connectivity index is 1.79. The summed E-state index contributed by atoms with van der Waals surface area (Å²) in [6, 6.07) is 20.8. The molecule has 0 aliphatic carbocycles. The number of rotatable bonds is 10. The fourth-order valence-electron chi connectivity index (χ4n) is 4.40. The molecule has 3 aromatic carbocycles. The van der Waals surface area contributed by atoms with Crippen LogP contribution in [0.2, 0.25) is 0 Å². The van der Waals surface area contributed by atoms with E-state index in [2.05, 4.69) is 29.5 Å². The van der Waals surface area contributed by atoms with Gasteiger partial charge in [0.2, 0.25) is 11.8 Å². The molecule has 8 heteroatoms. The highest BCUT2D eigenvalue weighted by Gasteiger charge is 2.34. The third-order valence-corrected chi connectivity index (χ3v) is 6.54. The van der Waals surface area contributed by atoms with E-state index in [4.69, 9.17) is 0 Å². The lowest BCUT2D eigenvalue weighted by molar-refractivity contribution is -0.127. The Morgan fingerprint density at radius 2 is 1.63 bits per heavy atom. The average Bonchev–Trinajstić information content (AvgIpc) is 3.30. The van der Waals surface area contributed by atoms with Crippen molar-refractivity contribution in [2.24, 2.45) is 5.92 Å². The minimum absolute atomic E-state index is 0.0783. The minimum Gasteiger partial charge on any atom is -0.354 e. The molecule has 4 aromatic rings. The molecule has 0 bridgehead atoms. The molecule has 0 radical (unpaired) electrons. The molecule has 0 unspecified atom stereocenters. The van der Waals surface area contributed by atoms with Crippen LogP contribution in [0.5, 0.6) is 0 Å². The number of anilines is 1. The van der Waals surface area contributed by atoms with Crippen LogP contribution in [0.15, 0.2) is 72.8 Å². The van der Waals surface area contributed by atoms with Gasteiger partial charge in [0.15, 0.2) is 5.78 Å². The molecule has 0 spiro atoms. The van der Waals surface area contributed by atoms with Crippen molar-refractivity contribution < 1.29 is 14.4 Å². The van der Waals surface area contributed by atoms with Gasteiger partial charge in [0.05, 0.1) is 5.52 Å². The number of aryl methyl sites for hydroxylation is 1. The average molecular weight is 512 g/mol. The first-order valence-corrected chi connectivity index (χ1v) is 12.8. The lowest BCUT2D eigenvalue weighted by Crippen LogP contribution is -2.46. The van der Waals surface area contributed by atoms with Crippen molar-refractivity contribution in [2.75, 3.05) is 11.4 Å².